The van der Waals surface area contributed by atoms with E-state index < -0.39 is 0 Å². The summed E-state index contributed by atoms with van der Waals surface area (Å²) in [7, 11) is 1.36. The number of nitrogens with zero attached hydrogens (tertiary/aromatic N) is 3. The van der Waals surface area contributed by atoms with Gasteiger partial charge in [-0.3, -0.25) is 0 Å². The Bertz CT molecular complexity index is 1290. The van der Waals surface area contributed by atoms with E-state index >= 15 is 0 Å². The second-order valence-electron chi connectivity index (χ2n) is 6.79. The maximum Gasteiger partial charge on any atom is 0.337 e. The van der Waals surface area contributed by atoms with Crippen molar-refractivity contribution in [2.75, 3.05) is 7.11 Å². The number of para-hydroxylation sites is 1. The monoisotopic (exact) mass is 444 g/mol. The zero-order valence-electron chi connectivity index (χ0n) is 17.3. The number of esters is 1. The Labute approximate surface area is 190 Å². The lowest BCUT2D eigenvalue weighted by atomic mass is 10.1. The normalized spacial score (nSPS) is 10.9. The van der Waals surface area contributed by atoms with Crippen LogP contribution in [0.1, 0.15) is 21.5 Å². The molecule has 0 aliphatic rings. The van der Waals surface area contributed by atoms with Gasteiger partial charge in [0.25, 0.3) is 0 Å². The van der Waals surface area contributed by atoms with Crippen LogP contribution in [0.25, 0.3) is 11.4 Å². The average molecular weight is 445 g/mol. The van der Waals surface area contributed by atoms with Crippen molar-refractivity contribution >= 4 is 24.4 Å². The highest BCUT2D eigenvalue weighted by Crippen LogP contribution is 2.20. The first-order valence-corrected chi connectivity index (χ1v) is 10.2. The third-order valence-electron chi connectivity index (χ3n) is 4.68. The van der Waals surface area contributed by atoms with Crippen LogP contribution in [-0.2, 0) is 11.3 Å². The van der Waals surface area contributed by atoms with Gasteiger partial charge in [-0.2, -0.15) is 14.9 Å². The van der Waals surface area contributed by atoms with Crippen LogP contribution in [0.15, 0.2) is 84.0 Å². The number of methoxy groups -OCH3 is 1. The van der Waals surface area contributed by atoms with Crippen molar-refractivity contribution in [3.63, 3.8) is 0 Å². The molecule has 0 aliphatic carbocycles. The lowest BCUT2D eigenvalue weighted by Gasteiger charge is -2.09. The molecule has 4 aromatic rings. The van der Waals surface area contributed by atoms with Crippen molar-refractivity contribution in [2.24, 2.45) is 5.10 Å². The summed E-state index contributed by atoms with van der Waals surface area (Å²) in [6.45, 7) is 0.340. The van der Waals surface area contributed by atoms with Gasteiger partial charge in [0.2, 0.25) is 4.77 Å². The van der Waals surface area contributed by atoms with Crippen LogP contribution in [0.2, 0.25) is 0 Å². The maximum atomic E-state index is 11.6. The van der Waals surface area contributed by atoms with Gasteiger partial charge in [0.05, 0.1) is 18.9 Å². The van der Waals surface area contributed by atoms with Gasteiger partial charge in [-0.25, -0.2) is 9.89 Å². The first kappa shape index (κ1) is 21.2. The van der Waals surface area contributed by atoms with Crippen LogP contribution >= 0.6 is 12.2 Å². The standard InChI is InChI=1S/C24H20N4O3S/c1-30-23(29)19-13-11-17(12-14-19)16-31-21-10-6-5-9-20(21)15-25-28-22(26-27-24(28)32)18-7-3-2-4-8-18/h2-15H,16H2,1H3,(H,27,32)/b25-15+. The molecule has 0 amide bonds. The largest absolute Gasteiger partial charge is 0.488 e. The van der Waals surface area contributed by atoms with Crippen LogP contribution in [0.5, 0.6) is 5.75 Å². The number of carbonyl (C=O) groups excluding carboxylic acids is 1. The van der Waals surface area contributed by atoms with Crippen molar-refractivity contribution in [3.05, 3.63) is 100 Å². The Morgan fingerprint density at radius 2 is 1.78 bits per heavy atom. The highest BCUT2D eigenvalue weighted by atomic mass is 32.1. The Morgan fingerprint density at radius 1 is 1.06 bits per heavy atom. The molecule has 160 valence electrons. The van der Waals surface area contributed by atoms with E-state index in [0.29, 0.717) is 28.5 Å². The number of hydrogen-bond acceptors (Lipinski definition) is 6. The van der Waals surface area contributed by atoms with Crippen molar-refractivity contribution in [1.82, 2.24) is 14.9 Å². The fourth-order valence-electron chi connectivity index (χ4n) is 3.03. The Kier molecular flexibility index (Phi) is 6.52. The van der Waals surface area contributed by atoms with Crippen LogP contribution in [-0.4, -0.2) is 34.2 Å². The van der Waals surface area contributed by atoms with Crippen molar-refractivity contribution in [2.45, 2.75) is 6.61 Å². The molecular formula is C24H20N4O3S. The minimum absolute atomic E-state index is 0.340. The highest BCUT2D eigenvalue weighted by molar-refractivity contribution is 7.71. The van der Waals surface area contributed by atoms with Crippen LogP contribution < -0.4 is 4.74 Å². The summed E-state index contributed by atoms with van der Waals surface area (Å²) >= 11 is 5.34. The fourth-order valence-corrected chi connectivity index (χ4v) is 3.21. The average Bonchev–Trinajstić information content (AvgIpc) is 3.22. The van der Waals surface area contributed by atoms with Crippen molar-refractivity contribution in [3.8, 4) is 17.1 Å². The molecular weight excluding hydrogens is 424 g/mol. The summed E-state index contributed by atoms with van der Waals surface area (Å²) in [4.78, 5) is 11.6. The molecule has 0 radical (unpaired) electrons. The van der Waals surface area contributed by atoms with Crippen LogP contribution in [0.3, 0.4) is 0 Å². The quantitative estimate of drug-likeness (QED) is 0.250. The number of hydrogen-bond donors (Lipinski definition) is 1. The van der Waals surface area contributed by atoms with Crippen molar-refractivity contribution < 1.29 is 14.3 Å². The summed E-state index contributed by atoms with van der Waals surface area (Å²) in [5.74, 6) is 0.923. The number of ether oxygens (including phenoxy) is 2. The Balaban J connectivity index is 1.53. The lowest BCUT2D eigenvalue weighted by molar-refractivity contribution is 0.0600. The van der Waals surface area contributed by atoms with Crippen molar-refractivity contribution in [1.29, 1.82) is 0 Å². The van der Waals surface area contributed by atoms with E-state index in [-0.39, 0.29) is 5.97 Å². The van der Waals surface area contributed by atoms with E-state index in [4.69, 9.17) is 21.7 Å². The van der Waals surface area contributed by atoms with E-state index in [2.05, 4.69) is 15.3 Å². The smallest absolute Gasteiger partial charge is 0.337 e. The molecule has 7 nitrogen and oxygen atoms in total. The van der Waals surface area contributed by atoms with Crippen LogP contribution in [0.4, 0.5) is 0 Å². The number of H-pyrrole nitrogens is 1. The predicted octanol–water partition coefficient (Wildman–Crippen LogP) is 4.86. The SMILES string of the molecule is COC(=O)c1ccc(COc2ccccc2/C=N/n2c(-c3ccccc3)n[nH]c2=S)cc1. The molecule has 0 fully saturated rings. The van der Waals surface area contributed by atoms with Gasteiger partial charge >= 0.3 is 5.97 Å². The Morgan fingerprint density at radius 3 is 2.53 bits per heavy atom. The number of nitrogens with one attached hydrogen (secondary N) is 1. The summed E-state index contributed by atoms with van der Waals surface area (Å²) < 4.78 is 12.7. The zero-order valence-corrected chi connectivity index (χ0v) is 18.1. The van der Waals surface area contributed by atoms with Gasteiger partial charge in [0, 0.05) is 11.1 Å². The lowest BCUT2D eigenvalue weighted by Crippen LogP contribution is -2.02. The number of aromatic nitrogens is 3. The highest BCUT2D eigenvalue weighted by Gasteiger charge is 2.09. The minimum atomic E-state index is -0.369. The molecule has 32 heavy (non-hydrogen) atoms. The molecule has 1 heterocycles. The second-order valence-corrected chi connectivity index (χ2v) is 7.18. The molecule has 4 rings (SSSR count). The van der Waals surface area contributed by atoms with Gasteiger partial charge in [0.1, 0.15) is 12.4 Å². The molecule has 0 saturated heterocycles. The Hall–Kier alpha value is -4.04. The van der Waals surface area contributed by atoms with E-state index in [9.17, 15) is 4.79 Å². The minimum Gasteiger partial charge on any atom is -0.488 e. The molecule has 8 heteroatoms. The third-order valence-corrected chi connectivity index (χ3v) is 4.95. The third kappa shape index (κ3) is 4.81. The first-order valence-electron chi connectivity index (χ1n) is 9.82. The molecule has 1 aromatic heterocycles. The molecule has 0 spiro atoms. The fraction of sp³-hybridized carbons (Fsp3) is 0.0833. The first-order chi connectivity index (χ1) is 15.7. The van der Waals surface area contributed by atoms with Gasteiger partial charge in [-0.15, -0.1) is 0 Å². The van der Waals surface area contributed by atoms with Gasteiger partial charge in [-0.1, -0.05) is 54.6 Å². The summed E-state index contributed by atoms with van der Waals surface area (Å²) in [6, 6.07) is 24.4. The van der Waals surface area contributed by atoms with Gasteiger partial charge in [-0.05, 0) is 42.0 Å². The molecule has 0 bridgehead atoms. The predicted molar refractivity (Wildman–Crippen MR) is 124 cm³/mol. The summed E-state index contributed by atoms with van der Waals surface area (Å²) in [5, 5.41) is 11.6. The second kappa shape index (κ2) is 9.84. The molecule has 0 aliphatic heterocycles. The number of aromatic amines is 1. The molecule has 0 unspecified atom stereocenters. The summed E-state index contributed by atoms with van der Waals surface area (Å²) in [6.07, 6.45) is 1.69. The van der Waals surface area contributed by atoms with E-state index in [1.54, 1.807) is 23.0 Å². The number of benzene rings is 3. The molecule has 1 N–H and O–H groups in total. The number of rotatable bonds is 7. The van der Waals surface area contributed by atoms with E-state index in [0.717, 1.165) is 16.7 Å². The summed E-state index contributed by atoms with van der Waals surface area (Å²) in [5.41, 5.74) is 3.11. The van der Waals surface area contributed by atoms with E-state index in [1.165, 1.54) is 7.11 Å². The molecule has 0 saturated carbocycles. The van der Waals surface area contributed by atoms with Gasteiger partial charge < -0.3 is 9.47 Å². The number of carbonyl (C=O) groups is 1. The topological polar surface area (TPSA) is 81.5 Å². The van der Waals surface area contributed by atoms with Gasteiger partial charge in [0.15, 0.2) is 5.82 Å². The maximum absolute atomic E-state index is 11.6. The molecule has 3 aromatic carbocycles. The molecule has 0 atom stereocenters. The van der Waals surface area contributed by atoms with E-state index in [1.807, 2.05) is 66.7 Å². The zero-order chi connectivity index (χ0) is 22.3. The van der Waals surface area contributed by atoms with Crippen LogP contribution in [0, 0.1) is 4.77 Å².